The van der Waals surface area contributed by atoms with E-state index in [-0.39, 0.29) is 5.91 Å². The van der Waals surface area contributed by atoms with Crippen molar-refractivity contribution in [3.05, 3.63) is 47.5 Å². The van der Waals surface area contributed by atoms with Gasteiger partial charge in [-0.2, -0.15) is 0 Å². The Morgan fingerprint density at radius 2 is 2.00 bits per heavy atom. The Hall–Kier alpha value is -2.38. The molecule has 0 unspecified atom stereocenters. The van der Waals surface area contributed by atoms with Gasteiger partial charge in [0.2, 0.25) is 5.91 Å². The van der Waals surface area contributed by atoms with Crippen LogP contribution in [0.1, 0.15) is 62.4 Å². The van der Waals surface area contributed by atoms with Crippen molar-refractivity contribution >= 4 is 5.91 Å². The third-order valence-electron chi connectivity index (χ3n) is 8.60. The van der Waals surface area contributed by atoms with Crippen LogP contribution in [0.5, 0.6) is 5.75 Å². The van der Waals surface area contributed by atoms with Crippen molar-refractivity contribution in [2.24, 2.45) is 13.0 Å². The van der Waals surface area contributed by atoms with E-state index in [9.17, 15) is 4.79 Å². The zero-order valence-corrected chi connectivity index (χ0v) is 24.7. The Morgan fingerprint density at radius 1 is 1.21 bits per heavy atom. The summed E-state index contributed by atoms with van der Waals surface area (Å²) in [6.45, 7) is 9.61. The second kappa shape index (κ2) is 12.6. The van der Waals surface area contributed by atoms with Crippen LogP contribution in [0.4, 0.5) is 0 Å². The van der Waals surface area contributed by atoms with E-state index in [4.69, 9.17) is 4.74 Å². The highest BCUT2D eigenvalue weighted by Gasteiger charge is 2.41. The number of carbonyl (C=O) groups excluding carboxylic acids is 1. The highest BCUT2D eigenvalue weighted by Crippen LogP contribution is 2.40. The maximum atomic E-state index is 13.7. The van der Waals surface area contributed by atoms with Crippen molar-refractivity contribution in [2.45, 2.75) is 64.3 Å². The third-order valence-corrected chi connectivity index (χ3v) is 8.60. The van der Waals surface area contributed by atoms with E-state index in [1.54, 1.807) is 0 Å². The number of hydrogen-bond donors (Lipinski definition) is 0. The number of amides is 1. The van der Waals surface area contributed by atoms with E-state index in [1.165, 1.54) is 11.1 Å². The van der Waals surface area contributed by atoms with Gasteiger partial charge in [0, 0.05) is 70.3 Å². The van der Waals surface area contributed by atoms with Crippen LogP contribution in [-0.4, -0.2) is 96.3 Å². The molecule has 1 saturated heterocycles. The molecule has 0 spiro atoms. The normalized spacial score (nSPS) is 21.5. The smallest absolute Gasteiger partial charge is 0.236 e. The average molecular weight is 525 g/mol. The van der Waals surface area contributed by atoms with Crippen LogP contribution in [0.2, 0.25) is 0 Å². The van der Waals surface area contributed by atoms with E-state index < -0.39 is 0 Å². The fraction of sp³-hybridized carbons (Fsp3) is 0.677. The first kappa shape index (κ1) is 28.6. The fourth-order valence-electron chi connectivity index (χ4n) is 6.26. The first-order valence-corrected chi connectivity index (χ1v) is 14.7. The molecule has 1 amide bonds. The van der Waals surface area contributed by atoms with Crippen LogP contribution >= 0.6 is 0 Å². The van der Waals surface area contributed by atoms with Crippen molar-refractivity contribution in [2.75, 3.05) is 60.5 Å². The van der Waals surface area contributed by atoms with Gasteiger partial charge in [-0.05, 0) is 36.0 Å². The van der Waals surface area contributed by atoms with E-state index in [0.29, 0.717) is 24.4 Å². The minimum Gasteiger partial charge on any atom is -0.493 e. The number of imidazole rings is 1. The Kier molecular flexibility index (Phi) is 9.53. The van der Waals surface area contributed by atoms with Crippen LogP contribution in [0.15, 0.2) is 30.6 Å². The van der Waals surface area contributed by atoms with Crippen molar-refractivity contribution < 1.29 is 14.0 Å². The van der Waals surface area contributed by atoms with E-state index in [2.05, 4.69) is 79.6 Å². The van der Waals surface area contributed by atoms with Crippen LogP contribution in [0.3, 0.4) is 0 Å². The van der Waals surface area contributed by atoms with Gasteiger partial charge in [0.25, 0.3) is 0 Å². The molecule has 38 heavy (non-hydrogen) atoms. The van der Waals surface area contributed by atoms with Crippen molar-refractivity contribution in [1.29, 1.82) is 0 Å². The third kappa shape index (κ3) is 7.17. The highest BCUT2D eigenvalue weighted by molar-refractivity contribution is 5.78. The largest absolute Gasteiger partial charge is 0.493 e. The number of carbonyl (C=O) groups is 1. The monoisotopic (exact) mass is 524 g/mol. The fourth-order valence-corrected chi connectivity index (χ4v) is 6.26. The van der Waals surface area contributed by atoms with E-state index >= 15 is 0 Å². The molecule has 2 aromatic rings. The molecule has 7 nitrogen and oxygen atoms in total. The molecule has 2 aliphatic rings. The lowest BCUT2D eigenvalue weighted by atomic mass is 9.84. The standard InChI is InChI=1S/C31H50N5O2/c1-7-8-16-34(17-9-19-36(4,5)6)31(37)23-35-22-27(25-10-12-29-26(21-25)14-20-38-29)24(2)28(35)11-13-30-32-15-18-33(30)3/h10,12,15,18,21,24,27-28H,7-9,11,13-14,16-17,19-20,22-23H2,1-6H3/q+1/t24-,27+,28+/m1/s1. The summed E-state index contributed by atoms with van der Waals surface area (Å²) in [7, 11) is 8.74. The van der Waals surface area contributed by atoms with Gasteiger partial charge in [-0.25, -0.2) is 4.98 Å². The summed E-state index contributed by atoms with van der Waals surface area (Å²) in [6.07, 6.45) is 10.0. The lowest BCUT2D eigenvalue weighted by molar-refractivity contribution is -0.870. The SMILES string of the molecule is CCCCN(CCC[N+](C)(C)C)C(=O)CN1C[C@H](c2ccc3c(c2)CCO3)[C@@H](C)[C@@H]1CCc1nccn1C. The van der Waals surface area contributed by atoms with Crippen molar-refractivity contribution in [3.63, 3.8) is 0 Å². The van der Waals surface area contributed by atoms with Crippen LogP contribution < -0.4 is 4.74 Å². The summed E-state index contributed by atoms with van der Waals surface area (Å²) >= 11 is 0. The summed E-state index contributed by atoms with van der Waals surface area (Å²) in [6, 6.07) is 7.12. The second-order valence-corrected chi connectivity index (χ2v) is 12.5. The number of nitrogens with zero attached hydrogens (tertiary/aromatic N) is 5. The topological polar surface area (TPSA) is 50.6 Å². The Bertz CT molecular complexity index is 1060. The van der Waals surface area contributed by atoms with Gasteiger partial charge < -0.3 is 18.7 Å². The summed E-state index contributed by atoms with van der Waals surface area (Å²) in [5.41, 5.74) is 2.72. The highest BCUT2D eigenvalue weighted by atomic mass is 16.5. The Morgan fingerprint density at radius 3 is 2.71 bits per heavy atom. The van der Waals surface area contributed by atoms with Crippen molar-refractivity contribution in [1.82, 2.24) is 19.4 Å². The molecule has 0 saturated carbocycles. The number of hydrogen-bond acceptors (Lipinski definition) is 4. The number of rotatable bonds is 13. The molecule has 7 heteroatoms. The van der Waals surface area contributed by atoms with Gasteiger partial charge in [-0.15, -0.1) is 0 Å². The molecular formula is C31H50N5O2+. The average Bonchev–Trinajstić information content (AvgIpc) is 3.58. The van der Waals surface area contributed by atoms with Gasteiger partial charge in [0.1, 0.15) is 11.6 Å². The molecule has 210 valence electrons. The molecule has 3 atom stereocenters. The number of fused-ring (bicyclic) bond motifs is 1. The number of aryl methyl sites for hydroxylation is 2. The van der Waals surface area contributed by atoms with Gasteiger partial charge in [-0.1, -0.05) is 32.4 Å². The van der Waals surface area contributed by atoms with Crippen LogP contribution in [0.25, 0.3) is 0 Å². The van der Waals surface area contributed by atoms with E-state index in [0.717, 1.165) is 87.4 Å². The summed E-state index contributed by atoms with van der Waals surface area (Å²) in [5.74, 6) is 3.33. The van der Waals surface area contributed by atoms with Crippen molar-refractivity contribution in [3.8, 4) is 5.75 Å². The van der Waals surface area contributed by atoms with Crippen LogP contribution in [-0.2, 0) is 24.7 Å². The number of likely N-dealkylation sites (tertiary alicyclic amines) is 1. The summed E-state index contributed by atoms with van der Waals surface area (Å²) in [5, 5.41) is 0. The second-order valence-electron chi connectivity index (χ2n) is 12.5. The number of aromatic nitrogens is 2. The maximum Gasteiger partial charge on any atom is 0.236 e. The zero-order valence-electron chi connectivity index (χ0n) is 24.7. The quantitative estimate of drug-likeness (QED) is 0.370. The Labute approximate surface area is 230 Å². The summed E-state index contributed by atoms with van der Waals surface area (Å²) < 4.78 is 8.82. The molecule has 4 rings (SSSR count). The minimum absolute atomic E-state index is 0.289. The lowest BCUT2D eigenvalue weighted by Gasteiger charge is -2.31. The maximum absolute atomic E-state index is 13.7. The summed E-state index contributed by atoms with van der Waals surface area (Å²) in [4.78, 5) is 22.9. The van der Waals surface area contributed by atoms with Gasteiger partial charge in [0.15, 0.2) is 0 Å². The lowest BCUT2D eigenvalue weighted by Crippen LogP contribution is -2.45. The van der Waals surface area contributed by atoms with Gasteiger partial charge in [-0.3, -0.25) is 9.69 Å². The van der Waals surface area contributed by atoms with Crippen LogP contribution in [0, 0.1) is 5.92 Å². The molecule has 0 bridgehead atoms. The zero-order chi connectivity index (χ0) is 27.3. The number of ether oxygens (including phenoxy) is 1. The molecule has 2 aliphatic heterocycles. The minimum atomic E-state index is 0.289. The number of benzene rings is 1. The molecule has 0 radical (unpaired) electrons. The molecule has 0 aliphatic carbocycles. The predicted octanol–water partition coefficient (Wildman–Crippen LogP) is 4.12. The molecule has 1 aromatic carbocycles. The molecule has 3 heterocycles. The molecule has 1 aromatic heterocycles. The van der Waals surface area contributed by atoms with Gasteiger partial charge in [0.05, 0.1) is 40.8 Å². The number of quaternary nitrogens is 1. The molecule has 0 N–H and O–H groups in total. The molecule has 1 fully saturated rings. The predicted molar refractivity (Wildman–Crippen MR) is 153 cm³/mol. The first-order chi connectivity index (χ1) is 18.2. The van der Waals surface area contributed by atoms with E-state index in [1.807, 2.05) is 12.4 Å². The first-order valence-electron chi connectivity index (χ1n) is 14.7. The molecular weight excluding hydrogens is 474 g/mol. The number of unbranched alkanes of at least 4 members (excludes halogenated alkanes) is 1. The van der Waals surface area contributed by atoms with Gasteiger partial charge >= 0.3 is 0 Å². The Balaban J connectivity index is 1.49.